The molecule has 0 saturated heterocycles. The molecule has 0 aliphatic heterocycles. The highest BCUT2D eigenvalue weighted by molar-refractivity contribution is 5.96. The molecule has 1 N–H and O–H groups in total. The van der Waals surface area contributed by atoms with E-state index in [1.807, 2.05) is 0 Å². The van der Waals surface area contributed by atoms with Gasteiger partial charge >= 0.3 is 0 Å². The molecule has 0 heterocycles. The lowest BCUT2D eigenvalue weighted by Gasteiger charge is -2.26. The monoisotopic (exact) mass is 261 g/mol. The molecule has 0 fully saturated rings. The Labute approximate surface area is 115 Å². The number of benzene rings is 1. The van der Waals surface area contributed by atoms with E-state index in [4.69, 9.17) is 0 Å². The van der Waals surface area contributed by atoms with Crippen LogP contribution in [0.5, 0.6) is 0 Å². The van der Waals surface area contributed by atoms with E-state index in [0.29, 0.717) is 6.54 Å². The first-order chi connectivity index (χ1) is 8.85. The van der Waals surface area contributed by atoms with Gasteiger partial charge in [0.15, 0.2) is 0 Å². The number of nitrogens with one attached hydrogen (secondary N) is 1. The Morgan fingerprint density at radius 1 is 1.16 bits per heavy atom. The molecule has 0 atom stereocenters. The number of amides is 1. The first-order valence-corrected chi connectivity index (χ1v) is 6.70. The third-order valence-electron chi connectivity index (χ3n) is 3.28. The predicted molar refractivity (Wildman–Crippen MR) is 77.2 cm³/mol. The van der Waals surface area contributed by atoms with E-state index < -0.39 is 0 Å². The van der Waals surface area contributed by atoms with Crippen LogP contribution in [0.3, 0.4) is 0 Å². The Balaban J connectivity index is 2.63. The van der Waals surface area contributed by atoms with Crippen molar-refractivity contribution in [3.8, 4) is 0 Å². The average Bonchev–Trinajstić information content (AvgIpc) is 2.36. The van der Waals surface area contributed by atoms with Crippen LogP contribution in [0, 0.1) is 0 Å². The molecule has 0 unspecified atom stereocenters. The zero-order valence-corrected chi connectivity index (χ0v) is 12.2. The van der Waals surface area contributed by atoms with Crippen LogP contribution in [0.25, 0.3) is 0 Å². The van der Waals surface area contributed by atoms with Gasteiger partial charge in [-0.05, 0) is 24.5 Å². The minimum absolute atomic E-state index is 0.0369. The van der Waals surface area contributed by atoms with E-state index >= 15 is 0 Å². The summed E-state index contributed by atoms with van der Waals surface area (Å²) in [6.45, 7) is 8.25. The molecule has 0 radical (unpaired) electrons. The SMILES string of the molecule is CCc1ccc(C(C)(C)CNC(=O)CC(C)=O)cc1. The third kappa shape index (κ3) is 4.86. The lowest BCUT2D eigenvalue weighted by molar-refractivity contribution is -0.127. The third-order valence-corrected chi connectivity index (χ3v) is 3.28. The van der Waals surface area contributed by atoms with E-state index in [1.165, 1.54) is 18.1 Å². The molecular weight excluding hydrogens is 238 g/mol. The first-order valence-electron chi connectivity index (χ1n) is 6.70. The molecule has 0 saturated carbocycles. The number of carbonyl (C=O) groups excluding carboxylic acids is 2. The molecule has 3 nitrogen and oxygen atoms in total. The molecule has 1 rings (SSSR count). The number of aryl methyl sites for hydroxylation is 1. The largest absolute Gasteiger partial charge is 0.355 e. The molecule has 104 valence electrons. The molecule has 3 heteroatoms. The lowest BCUT2D eigenvalue weighted by atomic mass is 9.84. The minimum atomic E-state index is -0.203. The topological polar surface area (TPSA) is 46.2 Å². The van der Waals surface area contributed by atoms with Crippen molar-refractivity contribution in [2.24, 2.45) is 0 Å². The Morgan fingerprint density at radius 2 is 1.74 bits per heavy atom. The summed E-state index contributed by atoms with van der Waals surface area (Å²) in [5.41, 5.74) is 2.35. The first kappa shape index (κ1) is 15.4. The number of carbonyl (C=O) groups is 2. The van der Waals surface area contributed by atoms with Gasteiger partial charge in [0, 0.05) is 12.0 Å². The quantitative estimate of drug-likeness (QED) is 0.800. The maximum absolute atomic E-state index is 11.5. The van der Waals surface area contributed by atoms with Crippen LogP contribution in [0.4, 0.5) is 0 Å². The summed E-state index contributed by atoms with van der Waals surface area (Å²) in [5, 5.41) is 2.82. The summed E-state index contributed by atoms with van der Waals surface area (Å²) < 4.78 is 0. The maximum Gasteiger partial charge on any atom is 0.227 e. The van der Waals surface area contributed by atoms with E-state index in [1.54, 1.807) is 0 Å². The zero-order valence-electron chi connectivity index (χ0n) is 12.2. The minimum Gasteiger partial charge on any atom is -0.355 e. The number of ketones is 1. The van der Waals surface area contributed by atoms with Gasteiger partial charge in [-0.3, -0.25) is 9.59 Å². The average molecular weight is 261 g/mol. The van der Waals surface area contributed by atoms with Crippen LogP contribution < -0.4 is 5.32 Å². The van der Waals surface area contributed by atoms with E-state index in [2.05, 4.69) is 50.4 Å². The van der Waals surface area contributed by atoms with Crippen molar-refractivity contribution in [2.75, 3.05) is 6.54 Å². The van der Waals surface area contributed by atoms with Crippen molar-refractivity contribution in [1.82, 2.24) is 5.32 Å². The van der Waals surface area contributed by atoms with Gasteiger partial charge in [-0.25, -0.2) is 0 Å². The fourth-order valence-electron chi connectivity index (χ4n) is 1.90. The van der Waals surface area contributed by atoms with Crippen LogP contribution in [0.1, 0.15) is 45.2 Å². The molecule has 0 aromatic heterocycles. The summed E-state index contributed by atoms with van der Waals surface area (Å²) >= 11 is 0. The van der Waals surface area contributed by atoms with Gasteiger partial charge in [0.1, 0.15) is 5.78 Å². The van der Waals surface area contributed by atoms with Gasteiger partial charge in [-0.2, -0.15) is 0 Å². The van der Waals surface area contributed by atoms with Crippen molar-refractivity contribution >= 4 is 11.7 Å². The van der Waals surface area contributed by atoms with E-state index in [0.717, 1.165) is 6.42 Å². The van der Waals surface area contributed by atoms with Crippen molar-refractivity contribution in [1.29, 1.82) is 0 Å². The molecule has 19 heavy (non-hydrogen) atoms. The summed E-state index contributed by atoms with van der Waals surface area (Å²) in [7, 11) is 0. The fourth-order valence-corrected chi connectivity index (χ4v) is 1.90. The maximum atomic E-state index is 11.5. The highest BCUT2D eigenvalue weighted by Crippen LogP contribution is 2.22. The molecule has 1 aromatic rings. The van der Waals surface area contributed by atoms with Gasteiger partial charge in [0.2, 0.25) is 5.91 Å². The van der Waals surface area contributed by atoms with Crippen LogP contribution in [-0.2, 0) is 21.4 Å². The number of hydrogen-bond donors (Lipinski definition) is 1. The molecule has 0 bridgehead atoms. The highest BCUT2D eigenvalue weighted by atomic mass is 16.2. The smallest absolute Gasteiger partial charge is 0.227 e. The van der Waals surface area contributed by atoms with Crippen molar-refractivity contribution in [3.63, 3.8) is 0 Å². The summed E-state index contributed by atoms with van der Waals surface area (Å²) in [6, 6.07) is 8.45. The van der Waals surface area contributed by atoms with Gasteiger partial charge in [-0.1, -0.05) is 45.0 Å². The second-order valence-corrected chi connectivity index (χ2v) is 5.59. The van der Waals surface area contributed by atoms with Gasteiger partial charge in [0.25, 0.3) is 0 Å². The zero-order chi connectivity index (χ0) is 14.5. The second-order valence-electron chi connectivity index (χ2n) is 5.59. The summed E-state index contributed by atoms with van der Waals surface area (Å²) in [4.78, 5) is 22.4. The van der Waals surface area contributed by atoms with E-state index in [-0.39, 0.29) is 23.5 Å². The standard InChI is InChI=1S/C16H23NO2/c1-5-13-6-8-14(9-7-13)16(3,4)11-17-15(19)10-12(2)18/h6-9H,5,10-11H2,1-4H3,(H,17,19). The molecular formula is C16H23NO2. The Kier molecular flexibility index (Phi) is 5.28. The Bertz CT molecular complexity index is 446. The summed E-state index contributed by atoms with van der Waals surface area (Å²) in [5.74, 6) is -0.312. The van der Waals surface area contributed by atoms with Crippen LogP contribution in [0.2, 0.25) is 0 Å². The molecule has 0 aliphatic carbocycles. The van der Waals surface area contributed by atoms with Crippen molar-refractivity contribution in [2.45, 2.75) is 46.0 Å². The fraction of sp³-hybridized carbons (Fsp3) is 0.500. The van der Waals surface area contributed by atoms with Gasteiger partial charge < -0.3 is 5.32 Å². The molecule has 0 spiro atoms. The highest BCUT2D eigenvalue weighted by Gasteiger charge is 2.21. The number of hydrogen-bond acceptors (Lipinski definition) is 2. The summed E-state index contributed by atoms with van der Waals surface area (Å²) in [6.07, 6.45) is 0.987. The van der Waals surface area contributed by atoms with Gasteiger partial charge in [-0.15, -0.1) is 0 Å². The van der Waals surface area contributed by atoms with Crippen molar-refractivity contribution < 1.29 is 9.59 Å². The van der Waals surface area contributed by atoms with Crippen LogP contribution in [-0.4, -0.2) is 18.2 Å². The molecule has 1 amide bonds. The second kappa shape index (κ2) is 6.50. The van der Waals surface area contributed by atoms with Crippen LogP contribution >= 0.6 is 0 Å². The van der Waals surface area contributed by atoms with Gasteiger partial charge in [0.05, 0.1) is 6.42 Å². The lowest BCUT2D eigenvalue weighted by Crippen LogP contribution is -2.37. The van der Waals surface area contributed by atoms with Crippen LogP contribution in [0.15, 0.2) is 24.3 Å². The van der Waals surface area contributed by atoms with Crippen molar-refractivity contribution in [3.05, 3.63) is 35.4 Å². The number of rotatable bonds is 6. The Hall–Kier alpha value is -1.64. The number of Topliss-reactive ketones (excluding diaryl/α,β-unsaturated/α-hetero) is 1. The van der Waals surface area contributed by atoms with E-state index in [9.17, 15) is 9.59 Å². The molecule has 1 aromatic carbocycles. The normalized spacial score (nSPS) is 11.2. The Morgan fingerprint density at radius 3 is 2.21 bits per heavy atom. The predicted octanol–water partition coefficient (Wildman–Crippen LogP) is 2.62. The molecule has 0 aliphatic rings.